The molecule has 0 saturated heterocycles. The molecule has 35 heavy (non-hydrogen) atoms. The summed E-state index contributed by atoms with van der Waals surface area (Å²) >= 11 is 0. The fourth-order valence-electron chi connectivity index (χ4n) is 4.52. The van der Waals surface area contributed by atoms with Gasteiger partial charge < -0.3 is 4.42 Å². The van der Waals surface area contributed by atoms with E-state index in [4.69, 9.17) is 22.2 Å². The number of rotatable bonds is 3. The summed E-state index contributed by atoms with van der Waals surface area (Å²) in [6, 6.07) is 6.73. The van der Waals surface area contributed by atoms with Crippen molar-refractivity contribution in [1.82, 2.24) is 0 Å². The second-order valence-electron chi connectivity index (χ2n) is 7.87. The average molecular weight is 461 g/mol. The van der Waals surface area contributed by atoms with Gasteiger partial charge in [-0.2, -0.15) is 0 Å². The van der Waals surface area contributed by atoms with Crippen LogP contribution < -0.4 is 0 Å². The van der Waals surface area contributed by atoms with Gasteiger partial charge in [-0.15, -0.1) is 0 Å². The Hall–Kier alpha value is -4.62. The van der Waals surface area contributed by atoms with Gasteiger partial charge in [-0.1, -0.05) is 115 Å². The van der Waals surface area contributed by atoms with E-state index < -0.39 is 84.8 Å². The van der Waals surface area contributed by atoms with Crippen LogP contribution in [-0.2, 0) is 0 Å². The Bertz CT molecular complexity index is 2520. The minimum absolute atomic E-state index is 0.0385. The fourth-order valence-corrected chi connectivity index (χ4v) is 4.52. The second kappa shape index (κ2) is 8.00. The largest absolute Gasteiger partial charge is 0.464 e. The molecule has 6 aromatic carbocycles. The Morgan fingerprint density at radius 3 is 1.71 bits per heavy atom. The number of furan rings is 1. The van der Waals surface area contributed by atoms with Crippen LogP contribution in [0, 0.1) is 0 Å². The van der Waals surface area contributed by atoms with E-state index in [1.807, 2.05) is 0 Å². The molecule has 0 radical (unpaired) electrons. The van der Waals surface area contributed by atoms with Gasteiger partial charge in [-0.05, 0) is 61.4 Å². The van der Waals surface area contributed by atoms with Crippen LogP contribution in [0.3, 0.4) is 0 Å². The quantitative estimate of drug-likeness (QED) is 0.239. The molecule has 7 rings (SSSR count). The Labute approximate surface area is 223 Å². The molecule has 0 bridgehead atoms. The third-order valence-corrected chi connectivity index (χ3v) is 5.96. The first-order valence-electron chi connectivity index (χ1n) is 17.8. The van der Waals surface area contributed by atoms with Crippen LogP contribution in [0.15, 0.2) is 138 Å². The van der Waals surface area contributed by atoms with Gasteiger partial charge in [0.1, 0.15) is 6.95 Å². The molecule has 0 amide bonds. The van der Waals surface area contributed by atoms with Crippen molar-refractivity contribution in [2.24, 2.45) is 0 Å². The summed E-state index contributed by atoms with van der Waals surface area (Å²) in [6.07, 6.45) is -0.640. The van der Waals surface area contributed by atoms with Gasteiger partial charge >= 0.3 is 0 Å². The van der Waals surface area contributed by atoms with E-state index in [-0.39, 0.29) is 38.8 Å². The molecule has 164 valence electrons. The summed E-state index contributed by atoms with van der Waals surface area (Å²) < 4.78 is 126. The lowest BCUT2D eigenvalue weighted by Crippen LogP contribution is -1.91. The lowest BCUT2D eigenvalue weighted by Gasteiger charge is -2.18. The third kappa shape index (κ3) is 3.17. The van der Waals surface area contributed by atoms with Crippen LogP contribution >= 0.6 is 0 Å². The van der Waals surface area contributed by atoms with Gasteiger partial charge in [0.2, 0.25) is 0 Å². The van der Waals surface area contributed by atoms with Gasteiger partial charge in [-0.25, -0.2) is 0 Å². The number of fused-ring (bicyclic) bond motifs is 3. The highest BCUT2D eigenvalue weighted by Gasteiger charge is 2.17. The van der Waals surface area contributed by atoms with Crippen molar-refractivity contribution in [3.8, 4) is 33.4 Å². The number of para-hydroxylation sites is 1. The highest BCUT2D eigenvalue weighted by atomic mass is 16.3. The minimum Gasteiger partial charge on any atom is -0.464 e. The molecule has 1 aromatic heterocycles. The molecule has 0 unspecified atom stereocenters. The number of hydrogen-bond donors (Lipinski definition) is 0. The maximum absolute atomic E-state index is 9.48. The van der Waals surface area contributed by atoms with Crippen LogP contribution in [-0.4, -0.2) is 0 Å². The summed E-state index contributed by atoms with van der Waals surface area (Å²) in [5.74, 6) is 0. The predicted octanol–water partition coefficient (Wildman–Crippen LogP) is 9.74. The summed E-state index contributed by atoms with van der Waals surface area (Å²) in [4.78, 5) is 0. The molecule has 0 aliphatic rings. The zero-order valence-corrected chi connectivity index (χ0v) is 18.0. The van der Waals surface area contributed by atoms with Crippen molar-refractivity contribution in [2.45, 2.75) is 0 Å². The highest BCUT2D eigenvalue weighted by Crippen LogP contribution is 2.44. The van der Waals surface area contributed by atoms with Gasteiger partial charge in [0, 0.05) is 10.9 Å². The summed E-state index contributed by atoms with van der Waals surface area (Å²) in [5, 5.41) is 1.46. The standard InChI is InChI=1S/C34H22O/c1-2-11-23(12-3-1)33-27-16-4-6-18-29(27)34(30-19-7-5-17-28(30)33)25-14-10-13-24(21-25)31-22-35-32-20-9-8-15-26(31)32/h1-22H/i1D,2D,3D,8D,9D,10D,11D,12D,13D,14D,15D,20D,21D,22D. The van der Waals surface area contributed by atoms with E-state index in [0.29, 0.717) is 27.1 Å². The van der Waals surface area contributed by atoms with E-state index in [1.165, 1.54) is 0 Å². The van der Waals surface area contributed by atoms with E-state index in [2.05, 4.69) is 0 Å². The lowest BCUT2D eigenvalue weighted by molar-refractivity contribution is 0.617. The summed E-state index contributed by atoms with van der Waals surface area (Å²) in [6.45, 7) is 0. The molecule has 0 saturated carbocycles. The molecule has 1 heteroatoms. The van der Waals surface area contributed by atoms with Crippen molar-refractivity contribution < 1.29 is 23.6 Å². The zero-order chi connectivity index (χ0) is 35.4. The van der Waals surface area contributed by atoms with Gasteiger partial charge in [-0.3, -0.25) is 0 Å². The predicted molar refractivity (Wildman–Crippen MR) is 148 cm³/mol. The Morgan fingerprint density at radius 1 is 0.486 bits per heavy atom. The van der Waals surface area contributed by atoms with E-state index in [0.717, 1.165) is 0 Å². The SMILES string of the molecule is [2H]c1oc2c([2H])c([2H])c([2H])c([2H])c2c1-c1c([2H])c([2H])c([2H])c(-c2c3ccccc3c(-c3c([2H])c([2H])c([2H])c([2H])c3[2H])c3ccccc23)c1[2H]. The van der Waals surface area contributed by atoms with Crippen molar-refractivity contribution >= 4 is 32.5 Å². The average Bonchev–Trinajstić information content (AvgIpc) is 3.44. The molecule has 7 aromatic rings. The Morgan fingerprint density at radius 2 is 1.03 bits per heavy atom. The van der Waals surface area contributed by atoms with Crippen molar-refractivity contribution in [1.29, 1.82) is 0 Å². The van der Waals surface area contributed by atoms with Gasteiger partial charge in [0.25, 0.3) is 0 Å². The first-order valence-corrected chi connectivity index (χ1v) is 10.8. The van der Waals surface area contributed by atoms with E-state index in [1.54, 1.807) is 48.5 Å². The Balaban J connectivity index is 1.68. The molecule has 0 spiro atoms. The first kappa shape index (κ1) is 10.3. The molecule has 1 heterocycles. The maximum atomic E-state index is 9.48. The van der Waals surface area contributed by atoms with Crippen molar-refractivity contribution in [2.75, 3.05) is 0 Å². The molecule has 0 aliphatic carbocycles. The Kier molecular flexibility index (Phi) is 2.36. The van der Waals surface area contributed by atoms with Crippen molar-refractivity contribution in [3.05, 3.63) is 133 Å². The van der Waals surface area contributed by atoms with Crippen LogP contribution in [0.1, 0.15) is 19.2 Å². The van der Waals surface area contributed by atoms with Gasteiger partial charge in [0.15, 0.2) is 0 Å². The first-order chi connectivity index (χ1) is 23.2. The van der Waals surface area contributed by atoms with E-state index in [9.17, 15) is 1.37 Å². The summed E-state index contributed by atoms with van der Waals surface area (Å²) in [7, 11) is 0. The zero-order valence-electron chi connectivity index (χ0n) is 32.0. The fraction of sp³-hybridized carbons (Fsp3) is 0. The van der Waals surface area contributed by atoms with Crippen molar-refractivity contribution in [3.63, 3.8) is 0 Å². The van der Waals surface area contributed by atoms with E-state index >= 15 is 0 Å². The normalized spacial score (nSPS) is 17.0. The number of hydrogen-bond acceptors (Lipinski definition) is 1. The topological polar surface area (TPSA) is 13.1 Å². The third-order valence-electron chi connectivity index (χ3n) is 5.96. The molecular weight excluding hydrogens is 424 g/mol. The number of benzene rings is 6. The molecule has 1 nitrogen and oxygen atoms in total. The molecule has 0 N–H and O–H groups in total. The summed E-state index contributed by atoms with van der Waals surface area (Å²) in [5.41, 5.74) is -0.476. The van der Waals surface area contributed by atoms with Crippen LogP contribution in [0.25, 0.3) is 65.9 Å². The van der Waals surface area contributed by atoms with Crippen LogP contribution in [0.2, 0.25) is 0 Å². The monoisotopic (exact) mass is 460 g/mol. The molecule has 0 aliphatic heterocycles. The molecule has 0 atom stereocenters. The maximum Gasteiger partial charge on any atom is 0.134 e. The molecule has 0 fully saturated rings. The molecular formula is C34H22O. The second-order valence-corrected chi connectivity index (χ2v) is 7.87. The lowest BCUT2D eigenvalue weighted by atomic mass is 9.85. The highest BCUT2D eigenvalue weighted by molar-refractivity contribution is 6.21. The van der Waals surface area contributed by atoms with Gasteiger partial charge in [0.05, 0.1) is 24.1 Å². The minimum atomic E-state index is -0.640. The van der Waals surface area contributed by atoms with Crippen LogP contribution in [0.4, 0.5) is 0 Å². The van der Waals surface area contributed by atoms with Crippen LogP contribution in [0.5, 0.6) is 0 Å². The smallest absolute Gasteiger partial charge is 0.134 e.